The number of aromatic nitrogens is 3. The van der Waals surface area contributed by atoms with Gasteiger partial charge in [-0.3, -0.25) is 4.90 Å². The molecule has 0 amide bonds. The van der Waals surface area contributed by atoms with Crippen LogP contribution in [-0.2, 0) is 12.8 Å². The molecule has 0 spiro atoms. The lowest BCUT2D eigenvalue weighted by Gasteiger charge is -2.37. The second-order valence-corrected chi connectivity index (χ2v) is 8.50. The lowest BCUT2D eigenvalue weighted by atomic mass is 10.1. The van der Waals surface area contributed by atoms with Crippen LogP contribution in [0.1, 0.15) is 30.3 Å². The number of nitrogens with zero attached hydrogens (tertiary/aromatic N) is 5. The molecular formula is C24H29N5. The highest BCUT2D eigenvalue weighted by atomic mass is 15.4. The Morgan fingerprint density at radius 3 is 2.55 bits per heavy atom. The predicted molar refractivity (Wildman–Crippen MR) is 119 cm³/mol. The fourth-order valence-electron chi connectivity index (χ4n) is 4.88. The van der Waals surface area contributed by atoms with Gasteiger partial charge in [-0.25, -0.2) is 4.98 Å². The van der Waals surface area contributed by atoms with E-state index in [-0.39, 0.29) is 0 Å². The standard InChI is InChI=1S/C24H29N5/c1-17(2)16-27-12-14-28(15-13-27)24-20-10-7-11-21(20)25-23-22(18(3)26-29(23)24)19-8-5-4-6-9-19/h4-6,8-9H,1,7,10-16H2,2-3H3. The van der Waals surface area contributed by atoms with Gasteiger partial charge in [0, 0.05) is 49.5 Å². The molecule has 0 saturated carbocycles. The van der Waals surface area contributed by atoms with Crippen LogP contribution in [0.15, 0.2) is 42.5 Å². The van der Waals surface area contributed by atoms with Crippen molar-refractivity contribution in [3.05, 3.63) is 59.4 Å². The highest BCUT2D eigenvalue weighted by Crippen LogP contribution is 2.36. The summed E-state index contributed by atoms with van der Waals surface area (Å²) in [5, 5.41) is 4.99. The summed E-state index contributed by atoms with van der Waals surface area (Å²) < 4.78 is 2.14. The zero-order chi connectivity index (χ0) is 20.0. The maximum absolute atomic E-state index is 5.11. The number of anilines is 1. The molecule has 0 bridgehead atoms. The molecule has 0 unspecified atom stereocenters. The van der Waals surface area contributed by atoms with E-state index in [1.807, 2.05) is 0 Å². The van der Waals surface area contributed by atoms with E-state index in [0.29, 0.717) is 0 Å². The summed E-state index contributed by atoms with van der Waals surface area (Å²) in [6.45, 7) is 13.5. The van der Waals surface area contributed by atoms with Crippen LogP contribution >= 0.6 is 0 Å². The van der Waals surface area contributed by atoms with E-state index in [1.165, 1.54) is 40.2 Å². The summed E-state index contributed by atoms with van der Waals surface area (Å²) in [5.41, 5.74) is 8.34. The van der Waals surface area contributed by atoms with E-state index in [2.05, 4.69) is 65.1 Å². The van der Waals surface area contributed by atoms with Crippen molar-refractivity contribution in [2.45, 2.75) is 33.1 Å². The molecule has 1 fully saturated rings. The molecule has 29 heavy (non-hydrogen) atoms. The summed E-state index contributed by atoms with van der Waals surface area (Å²) in [4.78, 5) is 10.2. The summed E-state index contributed by atoms with van der Waals surface area (Å²) in [7, 11) is 0. The van der Waals surface area contributed by atoms with Crippen molar-refractivity contribution in [2.75, 3.05) is 37.6 Å². The molecule has 0 radical (unpaired) electrons. The molecule has 5 rings (SSSR count). The number of rotatable bonds is 4. The van der Waals surface area contributed by atoms with Crippen LogP contribution in [0.5, 0.6) is 0 Å². The summed E-state index contributed by atoms with van der Waals surface area (Å²) in [6, 6.07) is 10.6. The molecule has 5 heteroatoms. The first-order valence-corrected chi connectivity index (χ1v) is 10.7. The largest absolute Gasteiger partial charge is 0.354 e. The topological polar surface area (TPSA) is 36.7 Å². The molecular weight excluding hydrogens is 358 g/mol. The molecule has 1 aromatic carbocycles. The number of hydrogen-bond donors (Lipinski definition) is 0. The van der Waals surface area contributed by atoms with Crippen LogP contribution in [0, 0.1) is 6.92 Å². The Labute approximate surface area is 172 Å². The Morgan fingerprint density at radius 1 is 1.07 bits per heavy atom. The first kappa shape index (κ1) is 18.4. The van der Waals surface area contributed by atoms with Crippen molar-refractivity contribution >= 4 is 11.5 Å². The van der Waals surface area contributed by atoms with Crippen LogP contribution in [0.3, 0.4) is 0 Å². The van der Waals surface area contributed by atoms with E-state index in [4.69, 9.17) is 10.1 Å². The highest BCUT2D eigenvalue weighted by molar-refractivity contribution is 5.81. The average Bonchev–Trinajstić information content (AvgIpc) is 3.30. The molecule has 0 N–H and O–H groups in total. The molecule has 3 aromatic rings. The second-order valence-electron chi connectivity index (χ2n) is 8.50. The van der Waals surface area contributed by atoms with E-state index in [0.717, 1.165) is 56.9 Å². The molecule has 150 valence electrons. The van der Waals surface area contributed by atoms with E-state index in [9.17, 15) is 0 Å². The van der Waals surface area contributed by atoms with Crippen molar-refractivity contribution in [2.24, 2.45) is 0 Å². The lowest BCUT2D eigenvalue weighted by Crippen LogP contribution is -2.47. The van der Waals surface area contributed by atoms with Crippen LogP contribution in [0.4, 0.5) is 5.82 Å². The Bertz CT molecular complexity index is 1060. The number of fused-ring (bicyclic) bond motifs is 2. The van der Waals surface area contributed by atoms with E-state index < -0.39 is 0 Å². The van der Waals surface area contributed by atoms with E-state index in [1.54, 1.807) is 0 Å². The minimum atomic E-state index is 0.997. The third kappa shape index (κ3) is 3.23. The molecule has 1 aliphatic carbocycles. The van der Waals surface area contributed by atoms with Gasteiger partial charge in [-0.15, -0.1) is 0 Å². The maximum atomic E-state index is 5.11. The van der Waals surface area contributed by atoms with Crippen LogP contribution in [-0.4, -0.2) is 52.2 Å². The van der Waals surface area contributed by atoms with Crippen molar-refractivity contribution in [3.63, 3.8) is 0 Å². The van der Waals surface area contributed by atoms with Crippen LogP contribution < -0.4 is 4.90 Å². The van der Waals surface area contributed by atoms with Gasteiger partial charge in [-0.1, -0.05) is 42.5 Å². The molecule has 1 saturated heterocycles. The second kappa shape index (κ2) is 7.30. The first-order chi connectivity index (χ1) is 14.1. The summed E-state index contributed by atoms with van der Waals surface area (Å²) in [5.74, 6) is 1.28. The van der Waals surface area contributed by atoms with Gasteiger partial charge in [0.05, 0.1) is 5.69 Å². The van der Waals surface area contributed by atoms with Gasteiger partial charge in [0.25, 0.3) is 0 Å². The fraction of sp³-hybridized carbons (Fsp3) is 0.417. The summed E-state index contributed by atoms with van der Waals surface area (Å²) >= 11 is 0. The van der Waals surface area contributed by atoms with Gasteiger partial charge < -0.3 is 4.90 Å². The fourth-order valence-corrected chi connectivity index (χ4v) is 4.88. The number of hydrogen-bond acceptors (Lipinski definition) is 4. The Hall–Kier alpha value is -2.66. The minimum Gasteiger partial charge on any atom is -0.354 e. The molecule has 2 aromatic heterocycles. The third-order valence-corrected chi connectivity index (χ3v) is 6.16. The van der Waals surface area contributed by atoms with Gasteiger partial charge in [-0.2, -0.15) is 9.61 Å². The Kier molecular flexibility index (Phi) is 4.63. The SMILES string of the molecule is C=C(C)CN1CCN(c2c3c(nc4c(-c5ccccc5)c(C)nn24)CCC3)CC1. The Morgan fingerprint density at radius 2 is 1.83 bits per heavy atom. The normalized spacial score (nSPS) is 17.1. The third-order valence-electron chi connectivity index (χ3n) is 6.16. The van der Waals surface area contributed by atoms with Gasteiger partial charge >= 0.3 is 0 Å². The predicted octanol–water partition coefficient (Wildman–Crippen LogP) is 3.89. The average molecular weight is 388 g/mol. The first-order valence-electron chi connectivity index (χ1n) is 10.7. The number of piperazine rings is 1. The van der Waals surface area contributed by atoms with Gasteiger partial charge in [0.15, 0.2) is 5.65 Å². The lowest BCUT2D eigenvalue weighted by molar-refractivity contribution is 0.277. The van der Waals surface area contributed by atoms with Crippen LogP contribution in [0.2, 0.25) is 0 Å². The van der Waals surface area contributed by atoms with E-state index >= 15 is 0 Å². The van der Waals surface area contributed by atoms with Crippen molar-refractivity contribution in [3.8, 4) is 11.1 Å². The van der Waals surface area contributed by atoms with Gasteiger partial charge in [-0.05, 0) is 38.7 Å². The van der Waals surface area contributed by atoms with Crippen LogP contribution in [0.25, 0.3) is 16.8 Å². The van der Waals surface area contributed by atoms with Gasteiger partial charge in [0.2, 0.25) is 0 Å². The number of aryl methyl sites for hydroxylation is 2. The Balaban J connectivity index is 1.60. The molecule has 0 atom stereocenters. The van der Waals surface area contributed by atoms with Crippen molar-refractivity contribution < 1.29 is 0 Å². The highest BCUT2D eigenvalue weighted by Gasteiger charge is 2.28. The number of benzene rings is 1. The minimum absolute atomic E-state index is 0.997. The van der Waals surface area contributed by atoms with Crippen molar-refractivity contribution in [1.82, 2.24) is 19.5 Å². The summed E-state index contributed by atoms with van der Waals surface area (Å²) in [6.07, 6.45) is 3.38. The monoisotopic (exact) mass is 387 g/mol. The maximum Gasteiger partial charge on any atom is 0.165 e. The molecule has 5 nitrogen and oxygen atoms in total. The molecule has 2 aliphatic rings. The smallest absolute Gasteiger partial charge is 0.165 e. The van der Waals surface area contributed by atoms with Crippen molar-refractivity contribution in [1.29, 1.82) is 0 Å². The quantitative estimate of drug-likeness (QED) is 0.637. The van der Waals surface area contributed by atoms with Gasteiger partial charge in [0.1, 0.15) is 5.82 Å². The zero-order valence-electron chi connectivity index (χ0n) is 17.5. The zero-order valence-corrected chi connectivity index (χ0v) is 17.5. The molecule has 1 aliphatic heterocycles. The molecule has 3 heterocycles.